The second-order valence-corrected chi connectivity index (χ2v) is 9.94. The number of nitrogens with zero attached hydrogens (tertiary/aromatic N) is 3. The summed E-state index contributed by atoms with van der Waals surface area (Å²) in [6, 6.07) is 39.7. The number of benzene rings is 4. The van der Waals surface area contributed by atoms with Crippen molar-refractivity contribution in [3.63, 3.8) is 0 Å². The molecule has 0 N–H and O–H groups in total. The van der Waals surface area contributed by atoms with Crippen molar-refractivity contribution in [2.75, 3.05) is 4.90 Å². The highest BCUT2D eigenvalue weighted by Crippen LogP contribution is 2.52. The molecule has 2 aromatic heterocycles. The number of fused-ring (bicyclic) bond motifs is 3. The van der Waals surface area contributed by atoms with Gasteiger partial charge in [-0.25, -0.2) is 0 Å². The SMILES string of the molecule is Cn1c(C2(c3cc4ccccc4n3C)C(=O)N(Cc3ccccc3)c3ccccc32)cc2ccccc21. The van der Waals surface area contributed by atoms with E-state index in [0.717, 1.165) is 50.0 Å². The number of anilines is 1. The quantitative estimate of drug-likeness (QED) is 0.281. The minimum absolute atomic E-state index is 0.0781. The van der Waals surface area contributed by atoms with Crippen LogP contribution in [0.1, 0.15) is 22.5 Å². The molecule has 0 spiro atoms. The van der Waals surface area contributed by atoms with E-state index in [-0.39, 0.29) is 5.91 Å². The predicted molar refractivity (Wildman–Crippen MR) is 150 cm³/mol. The van der Waals surface area contributed by atoms with E-state index in [1.807, 2.05) is 29.2 Å². The van der Waals surface area contributed by atoms with Crippen LogP contribution >= 0.6 is 0 Å². The van der Waals surface area contributed by atoms with Gasteiger partial charge in [0, 0.05) is 47.8 Å². The highest BCUT2D eigenvalue weighted by atomic mass is 16.2. The normalized spacial score (nSPS) is 14.5. The van der Waals surface area contributed by atoms with Crippen molar-refractivity contribution >= 4 is 33.4 Å². The van der Waals surface area contributed by atoms with Gasteiger partial charge >= 0.3 is 0 Å². The Kier molecular flexibility index (Phi) is 4.67. The van der Waals surface area contributed by atoms with E-state index in [4.69, 9.17) is 0 Å². The molecule has 7 rings (SSSR count). The van der Waals surface area contributed by atoms with Crippen LogP contribution in [-0.2, 0) is 30.8 Å². The Bertz CT molecular complexity index is 1730. The third kappa shape index (κ3) is 2.93. The van der Waals surface area contributed by atoms with Gasteiger partial charge in [-0.15, -0.1) is 0 Å². The van der Waals surface area contributed by atoms with Crippen LogP contribution in [0, 0.1) is 0 Å². The first-order chi connectivity index (χ1) is 18.1. The molecule has 0 bridgehead atoms. The smallest absolute Gasteiger partial charge is 0.250 e. The third-order valence-corrected chi connectivity index (χ3v) is 8.02. The zero-order chi connectivity index (χ0) is 25.1. The average molecular weight is 482 g/mol. The van der Waals surface area contributed by atoms with E-state index in [1.165, 1.54) is 0 Å². The molecule has 180 valence electrons. The van der Waals surface area contributed by atoms with Crippen molar-refractivity contribution < 1.29 is 4.79 Å². The largest absolute Gasteiger partial charge is 0.346 e. The third-order valence-electron chi connectivity index (χ3n) is 8.02. The van der Waals surface area contributed by atoms with Gasteiger partial charge in [0.15, 0.2) is 5.41 Å². The van der Waals surface area contributed by atoms with Gasteiger partial charge in [-0.05, 0) is 46.7 Å². The number of carbonyl (C=O) groups is 1. The molecule has 3 heterocycles. The van der Waals surface area contributed by atoms with Crippen LogP contribution in [0.15, 0.2) is 115 Å². The molecular weight excluding hydrogens is 454 g/mol. The topological polar surface area (TPSA) is 30.2 Å². The van der Waals surface area contributed by atoms with E-state index >= 15 is 4.79 Å². The molecule has 1 amide bonds. The predicted octanol–water partition coefficient (Wildman–Crippen LogP) is 6.55. The summed E-state index contributed by atoms with van der Waals surface area (Å²) in [5.74, 6) is 0.0781. The molecule has 0 aliphatic carbocycles. The number of hydrogen-bond acceptors (Lipinski definition) is 1. The molecule has 4 aromatic carbocycles. The molecular formula is C33H27N3O. The Morgan fingerprint density at radius 2 is 1.14 bits per heavy atom. The Morgan fingerprint density at radius 1 is 0.622 bits per heavy atom. The fraction of sp³-hybridized carbons (Fsp3) is 0.121. The Morgan fingerprint density at radius 3 is 1.73 bits per heavy atom. The number of para-hydroxylation sites is 3. The lowest BCUT2D eigenvalue weighted by atomic mass is 9.75. The first-order valence-electron chi connectivity index (χ1n) is 12.7. The van der Waals surface area contributed by atoms with Crippen molar-refractivity contribution in [2.24, 2.45) is 14.1 Å². The van der Waals surface area contributed by atoms with Crippen LogP contribution in [0.4, 0.5) is 5.69 Å². The summed E-state index contributed by atoms with van der Waals surface area (Å²) in [4.78, 5) is 17.0. The van der Waals surface area contributed by atoms with Crippen LogP contribution in [0.5, 0.6) is 0 Å². The van der Waals surface area contributed by atoms with Gasteiger partial charge in [0.25, 0.3) is 0 Å². The van der Waals surface area contributed by atoms with Crippen molar-refractivity contribution in [3.05, 3.63) is 138 Å². The zero-order valence-corrected chi connectivity index (χ0v) is 20.9. The lowest BCUT2D eigenvalue weighted by Gasteiger charge is -2.31. The Labute approximate surface area is 216 Å². The molecule has 0 radical (unpaired) electrons. The highest BCUT2D eigenvalue weighted by molar-refractivity contribution is 6.13. The molecule has 1 aliphatic heterocycles. The van der Waals surface area contributed by atoms with Gasteiger partial charge in [0.1, 0.15) is 0 Å². The Hall–Kier alpha value is -4.57. The molecule has 0 atom stereocenters. The van der Waals surface area contributed by atoms with E-state index in [1.54, 1.807) is 0 Å². The van der Waals surface area contributed by atoms with Gasteiger partial charge < -0.3 is 14.0 Å². The fourth-order valence-corrected chi connectivity index (χ4v) is 6.30. The monoisotopic (exact) mass is 481 g/mol. The second kappa shape index (κ2) is 7.97. The minimum Gasteiger partial charge on any atom is -0.346 e. The van der Waals surface area contributed by atoms with Gasteiger partial charge in [-0.2, -0.15) is 0 Å². The Balaban J connectivity index is 1.58. The van der Waals surface area contributed by atoms with E-state index in [2.05, 4.69) is 114 Å². The van der Waals surface area contributed by atoms with Gasteiger partial charge in [-0.3, -0.25) is 4.79 Å². The maximum Gasteiger partial charge on any atom is 0.250 e. The zero-order valence-electron chi connectivity index (χ0n) is 20.9. The molecule has 6 aromatic rings. The van der Waals surface area contributed by atoms with E-state index < -0.39 is 5.41 Å². The standard InChI is InChI=1S/C33H27N3O/c1-34-27-17-9-6-14-24(27)20-30(34)33(31-21-25-15-7-10-18-28(25)35(31)2)26-16-8-11-19-29(26)36(32(33)37)22-23-12-4-3-5-13-23/h3-21H,22H2,1-2H3. The molecule has 0 unspecified atom stereocenters. The van der Waals surface area contributed by atoms with Crippen LogP contribution < -0.4 is 4.90 Å². The lowest BCUT2D eigenvalue weighted by Crippen LogP contribution is -2.44. The number of aryl methyl sites for hydroxylation is 2. The summed E-state index contributed by atoms with van der Waals surface area (Å²) in [5.41, 5.74) is 6.28. The number of hydrogen-bond donors (Lipinski definition) is 0. The summed E-state index contributed by atoms with van der Waals surface area (Å²) in [6.45, 7) is 0.520. The lowest BCUT2D eigenvalue weighted by molar-refractivity contribution is -0.121. The highest BCUT2D eigenvalue weighted by Gasteiger charge is 2.56. The van der Waals surface area contributed by atoms with Crippen LogP contribution in [0.3, 0.4) is 0 Å². The number of carbonyl (C=O) groups excluding carboxylic acids is 1. The summed E-state index contributed by atoms with van der Waals surface area (Å²) < 4.78 is 4.40. The van der Waals surface area contributed by atoms with E-state index in [0.29, 0.717) is 6.54 Å². The summed E-state index contributed by atoms with van der Waals surface area (Å²) in [5, 5.41) is 2.26. The summed E-state index contributed by atoms with van der Waals surface area (Å²) in [7, 11) is 4.16. The maximum atomic E-state index is 15.0. The summed E-state index contributed by atoms with van der Waals surface area (Å²) >= 11 is 0. The van der Waals surface area contributed by atoms with E-state index in [9.17, 15) is 0 Å². The molecule has 0 saturated heterocycles. The molecule has 1 aliphatic rings. The van der Waals surface area contributed by atoms with Crippen molar-refractivity contribution in [1.29, 1.82) is 0 Å². The van der Waals surface area contributed by atoms with Crippen molar-refractivity contribution in [1.82, 2.24) is 9.13 Å². The molecule has 0 saturated carbocycles. The molecule has 4 nitrogen and oxygen atoms in total. The van der Waals surface area contributed by atoms with Crippen LogP contribution in [0.25, 0.3) is 21.8 Å². The first kappa shape index (κ1) is 21.7. The molecule has 37 heavy (non-hydrogen) atoms. The minimum atomic E-state index is -0.993. The van der Waals surface area contributed by atoms with Crippen molar-refractivity contribution in [2.45, 2.75) is 12.0 Å². The summed E-state index contributed by atoms with van der Waals surface area (Å²) in [6.07, 6.45) is 0. The molecule has 4 heteroatoms. The number of aromatic nitrogens is 2. The van der Waals surface area contributed by atoms with Gasteiger partial charge in [-0.1, -0.05) is 84.9 Å². The van der Waals surface area contributed by atoms with Gasteiger partial charge in [0.05, 0.1) is 6.54 Å². The fourth-order valence-electron chi connectivity index (χ4n) is 6.30. The van der Waals surface area contributed by atoms with Gasteiger partial charge in [0.2, 0.25) is 5.91 Å². The number of amides is 1. The number of rotatable bonds is 4. The maximum absolute atomic E-state index is 15.0. The van der Waals surface area contributed by atoms with Crippen molar-refractivity contribution in [3.8, 4) is 0 Å². The molecule has 0 fully saturated rings. The average Bonchev–Trinajstić information content (AvgIpc) is 3.54. The van der Waals surface area contributed by atoms with Crippen LogP contribution in [-0.4, -0.2) is 15.0 Å². The second-order valence-electron chi connectivity index (χ2n) is 9.94. The van der Waals surface area contributed by atoms with Crippen LogP contribution in [0.2, 0.25) is 0 Å². The first-order valence-corrected chi connectivity index (χ1v) is 12.7.